The van der Waals surface area contributed by atoms with Crippen LogP contribution in [0, 0.1) is 11.6 Å². The van der Waals surface area contributed by atoms with Gasteiger partial charge in [-0.05, 0) is 35.9 Å². The van der Waals surface area contributed by atoms with Gasteiger partial charge in [-0.2, -0.15) is 18.9 Å². The Morgan fingerprint density at radius 2 is 1.75 bits per heavy atom. The zero-order valence-corrected chi connectivity index (χ0v) is 28.1. The maximum Gasteiger partial charge on any atom is 0.405 e. The number of anilines is 1. The van der Waals surface area contributed by atoms with Crippen molar-refractivity contribution in [2.45, 2.75) is 24.8 Å². The average Bonchev–Trinajstić information content (AvgIpc) is 3.34. The smallest absolute Gasteiger partial charge is 0.405 e. The highest BCUT2D eigenvalue weighted by Gasteiger charge is 2.42. The minimum absolute atomic E-state index is 0.00163. The number of benzene rings is 2. The molecule has 22 heteroatoms. The third-order valence-electron chi connectivity index (χ3n) is 7.24. The summed E-state index contributed by atoms with van der Waals surface area (Å²) in [6.45, 7) is -1.80. The molecule has 5 aromatic rings. The van der Waals surface area contributed by atoms with Crippen LogP contribution in [0.15, 0.2) is 47.3 Å². The van der Waals surface area contributed by atoms with Crippen molar-refractivity contribution in [1.29, 1.82) is 0 Å². The first kappa shape index (κ1) is 37.8. The van der Waals surface area contributed by atoms with Gasteiger partial charge in [-0.15, -0.1) is 0 Å². The Hall–Kier alpha value is -5.44. The number of halogens is 7. The number of ether oxygens (including phenoxy) is 1. The fourth-order valence-corrected chi connectivity index (χ4v) is 5.99. The molecule has 3 heterocycles. The standard InChI is InChI=1S/C30H24ClF6N7O7S/c1-43-23-19(5-4-17(31)22(23)25(42-43)39-20(45)11-52(2,49)50)44-26(18(38-29(47)48)9-13-7-14(32)10-15(33)8-13)41-24-16(27(44)46)3-6-21(40-24)51-12-30(36,37)28(34)35/h3-8,10,18,28,38H,9,11-12H2,1-2H3,(H,47,48)(H,39,42,45)/t18-/m0/s1. The van der Waals surface area contributed by atoms with Crippen LogP contribution in [0.5, 0.6) is 5.88 Å². The van der Waals surface area contributed by atoms with Crippen molar-refractivity contribution < 1.29 is 54.2 Å². The van der Waals surface area contributed by atoms with Crippen LogP contribution in [0.25, 0.3) is 27.6 Å². The van der Waals surface area contributed by atoms with Gasteiger partial charge < -0.3 is 20.5 Å². The number of alkyl halides is 4. The highest BCUT2D eigenvalue weighted by molar-refractivity contribution is 7.91. The Bertz CT molecular complexity index is 2390. The largest absolute Gasteiger partial charge is 0.471 e. The summed E-state index contributed by atoms with van der Waals surface area (Å²) in [6.07, 6.45) is -5.46. The highest BCUT2D eigenvalue weighted by atomic mass is 35.5. The number of carbonyl (C=O) groups is 2. The quantitative estimate of drug-likeness (QED) is 0.153. The van der Waals surface area contributed by atoms with Crippen molar-refractivity contribution in [1.82, 2.24) is 29.6 Å². The lowest BCUT2D eigenvalue weighted by Gasteiger charge is -2.22. The lowest BCUT2D eigenvalue weighted by Crippen LogP contribution is -2.35. The van der Waals surface area contributed by atoms with Gasteiger partial charge in [0.25, 0.3) is 5.56 Å². The van der Waals surface area contributed by atoms with Crippen molar-refractivity contribution >= 4 is 61.2 Å². The highest BCUT2D eigenvalue weighted by Crippen LogP contribution is 2.35. The van der Waals surface area contributed by atoms with E-state index in [0.29, 0.717) is 6.07 Å². The topological polar surface area (TPSA) is 187 Å². The molecular weight excluding hydrogens is 752 g/mol. The maximum absolute atomic E-state index is 14.3. The number of nitrogens with zero attached hydrogens (tertiary/aromatic N) is 5. The zero-order valence-electron chi connectivity index (χ0n) is 26.5. The molecule has 3 N–H and O–H groups in total. The van der Waals surface area contributed by atoms with Crippen molar-refractivity contribution in [2.24, 2.45) is 7.05 Å². The van der Waals surface area contributed by atoms with Gasteiger partial charge in [-0.25, -0.2) is 35.8 Å². The Morgan fingerprint density at radius 3 is 2.37 bits per heavy atom. The van der Waals surface area contributed by atoms with Crippen LogP contribution in [0.4, 0.5) is 37.0 Å². The normalized spacial score (nSPS) is 12.7. The molecule has 14 nitrogen and oxygen atoms in total. The second-order valence-corrected chi connectivity index (χ2v) is 13.9. The summed E-state index contributed by atoms with van der Waals surface area (Å²) in [5.41, 5.74) is -1.70. The van der Waals surface area contributed by atoms with Crippen molar-refractivity contribution in [3.8, 4) is 11.6 Å². The summed E-state index contributed by atoms with van der Waals surface area (Å²) in [6, 6.07) is 5.26. The Morgan fingerprint density at radius 1 is 1.08 bits per heavy atom. The molecule has 0 aliphatic rings. The number of aryl methyl sites for hydroxylation is 1. The zero-order chi connectivity index (χ0) is 38.3. The number of sulfone groups is 1. The predicted octanol–water partition coefficient (Wildman–Crippen LogP) is 4.41. The molecule has 0 aliphatic heterocycles. The number of carbonyl (C=O) groups excluding carboxylic acids is 1. The molecule has 2 aromatic carbocycles. The second kappa shape index (κ2) is 14.3. The van der Waals surface area contributed by atoms with Crippen LogP contribution in [0.1, 0.15) is 17.4 Å². The average molecular weight is 776 g/mol. The maximum atomic E-state index is 14.3. The number of nitrogens with one attached hydrogen (secondary N) is 2. The van der Waals surface area contributed by atoms with Gasteiger partial charge >= 0.3 is 18.4 Å². The molecular formula is C30H24ClF6N7O7S. The van der Waals surface area contributed by atoms with E-state index in [1.54, 1.807) is 0 Å². The third-order valence-corrected chi connectivity index (χ3v) is 8.35. The second-order valence-electron chi connectivity index (χ2n) is 11.3. The van der Waals surface area contributed by atoms with E-state index in [1.165, 1.54) is 19.2 Å². The molecule has 52 heavy (non-hydrogen) atoms. The number of carboxylic acid groups (broad SMARTS) is 1. The summed E-state index contributed by atoms with van der Waals surface area (Å²) in [4.78, 5) is 47.1. The van der Waals surface area contributed by atoms with Gasteiger partial charge in [0.05, 0.1) is 33.0 Å². The van der Waals surface area contributed by atoms with Gasteiger partial charge in [0.1, 0.15) is 23.2 Å². The number of pyridine rings is 1. The molecule has 3 aromatic heterocycles. The fourth-order valence-electron chi connectivity index (χ4n) is 5.20. The number of hydrogen-bond acceptors (Lipinski definition) is 9. The van der Waals surface area contributed by atoms with E-state index in [0.717, 1.165) is 39.8 Å². The summed E-state index contributed by atoms with van der Waals surface area (Å²) in [5.74, 6) is -9.86. The predicted molar refractivity (Wildman–Crippen MR) is 173 cm³/mol. The molecule has 1 atom stereocenters. The molecule has 0 radical (unpaired) electrons. The van der Waals surface area contributed by atoms with Gasteiger partial charge in [-0.3, -0.25) is 18.8 Å². The van der Waals surface area contributed by atoms with E-state index in [-0.39, 0.29) is 38.4 Å². The molecule has 0 spiro atoms. The fraction of sp³-hybridized carbons (Fsp3) is 0.267. The Kier molecular flexibility index (Phi) is 10.4. The number of hydrogen-bond donors (Lipinski definition) is 3. The number of amides is 2. The van der Waals surface area contributed by atoms with Gasteiger partial charge in [0.2, 0.25) is 11.8 Å². The first-order chi connectivity index (χ1) is 24.2. The van der Waals surface area contributed by atoms with Crippen molar-refractivity contribution in [2.75, 3.05) is 23.9 Å². The van der Waals surface area contributed by atoms with E-state index in [1.807, 2.05) is 0 Å². The Labute approximate surface area is 292 Å². The SMILES string of the molecule is Cn1nc(NC(=O)CS(C)(=O)=O)c2c(Cl)ccc(-n3c([C@H](Cc4cc(F)cc(F)c4)NC(=O)O)nc4nc(OCC(F)(F)C(F)F)ccc4c3=O)c21. The van der Waals surface area contributed by atoms with E-state index < -0.39 is 93.6 Å². The van der Waals surface area contributed by atoms with E-state index in [4.69, 9.17) is 16.3 Å². The molecule has 0 bridgehead atoms. The minimum Gasteiger partial charge on any atom is -0.471 e. The lowest BCUT2D eigenvalue weighted by atomic mass is 10.0. The number of aromatic nitrogens is 5. The first-order valence-corrected chi connectivity index (χ1v) is 17.0. The minimum atomic E-state index is -4.57. The van der Waals surface area contributed by atoms with Crippen molar-refractivity contribution in [3.05, 3.63) is 80.9 Å². The van der Waals surface area contributed by atoms with Gasteiger partial charge in [0, 0.05) is 31.9 Å². The summed E-state index contributed by atoms with van der Waals surface area (Å²) in [5, 5.41) is 18.1. The van der Waals surface area contributed by atoms with Crippen LogP contribution in [0.3, 0.4) is 0 Å². The summed E-state index contributed by atoms with van der Waals surface area (Å²) in [7, 11) is -2.40. The van der Waals surface area contributed by atoms with Crippen LogP contribution in [0.2, 0.25) is 5.02 Å². The Balaban J connectivity index is 1.77. The number of fused-ring (bicyclic) bond motifs is 2. The van der Waals surface area contributed by atoms with E-state index in [2.05, 4.69) is 25.7 Å². The summed E-state index contributed by atoms with van der Waals surface area (Å²) >= 11 is 6.48. The third kappa shape index (κ3) is 8.20. The van der Waals surface area contributed by atoms with Crippen LogP contribution in [-0.2, 0) is 28.1 Å². The van der Waals surface area contributed by atoms with Crippen LogP contribution < -0.4 is 20.9 Å². The molecule has 0 saturated heterocycles. The molecule has 0 aliphatic carbocycles. The van der Waals surface area contributed by atoms with Gasteiger partial charge in [-0.1, -0.05) is 11.6 Å². The molecule has 0 unspecified atom stereocenters. The molecule has 0 fully saturated rings. The molecule has 2 amide bonds. The van der Waals surface area contributed by atoms with E-state index >= 15 is 0 Å². The number of rotatable bonds is 12. The van der Waals surface area contributed by atoms with Crippen molar-refractivity contribution in [3.63, 3.8) is 0 Å². The first-order valence-electron chi connectivity index (χ1n) is 14.5. The monoisotopic (exact) mass is 775 g/mol. The van der Waals surface area contributed by atoms with Crippen LogP contribution >= 0.6 is 11.6 Å². The summed E-state index contributed by atoms with van der Waals surface area (Å²) < 4.78 is 111. The van der Waals surface area contributed by atoms with E-state index in [9.17, 15) is 54.3 Å². The molecule has 5 rings (SSSR count). The van der Waals surface area contributed by atoms with Gasteiger partial charge in [0.15, 0.2) is 27.9 Å². The lowest BCUT2D eigenvalue weighted by molar-refractivity contribution is -0.148. The molecule has 276 valence electrons. The van der Waals surface area contributed by atoms with Crippen LogP contribution in [-0.4, -0.2) is 80.8 Å². The molecule has 0 saturated carbocycles.